The molecule has 0 atom stereocenters. The average Bonchev–Trinajstić information content (AvgIpc) is 2.60. The molecule has 0 bridgehead atoms. The molecule has 2 aromatic carbocycles. The van der Waals surface area contributed by atoms with E-state index in [2.05, 4.69) is 21.2 Å². The van der Waals surface area contributed by atoms with Crippen molar-refractivity contribution < 1.29 is 14.5 Å². The SMILES string of the molecule is CCCOc1ccccc1/C=C/C(=O)Nc1ccc([N+](=O)[O-])cc1Br. The van der Waals surface area contributed by atoms with E-state index in [4.69, 9.17) is 4.74 Å². The van der Waals surface area contributed by atoms with Crippen LogP contribution in [0.25, 0.3) is 6.08 Å². The first-order chi connectivity index (χ1) is 12.0. The number of rotatable bonds is 7. The number of hydrogen-bond donors (Lipinski definition) is 1. The van der Waals surface area contributed by atoms with Crippen molar-refractivity contribution >= 4 is 39.3 Å². The number of benzene rings is 2. The molecule has 130 valence electrons. The molecule has 2 rings (SSSR count). The van der Waals surface area contributed by atoms with Gasteiger partial charge in [-0.1, -0.05) is 25.1 Å². The summed E-state index contributed by atoms with van der Waals surface area (Å²) in [7, 11) is 0. The highest BCUT2D eigenvalue weighted by Crippen LogP contribution is 2.27. The first-order valence-corrected chi connectivity index (χ1v) is 8.45. The third-order valence-electron chi connectivity index (χ3n) is 3.22. The summed E-state index contributed by atoms with van der Waals surface area (Å²) in [5, 5.41) is 13.4. The molecule has 0 aliphatic rings. The molecule has 6 nitrogen and oxygen atoms in total. The Balaban J connectivity index is 2.08. The largest absolute Gasteiger partial charge is 0.493 e. The predicted molar refractivity (Wildman–Crippen MR) is 101 cm³/mol. The van der Waals surface area contributed by atoms with Crippen molar-refractivity contribution in [1.29, 1.82) is 0 Å². The lowest BCUT2D eigenvalue weighted by Gasteiger charge is -2.08. The first-order valence-electron chi connectivity index (χ1n) is 7.66. The van der Waals surface area contributed by atoms with Gasteiger partial charge in [0.25, 0.3) is 5.69 Å². The number of nitrogens with zero attached hydrogens (tertiary/aromatic N) is 1. The third kappa shape index (κ3) is 5.42. The van der Waals surface area contributed by atoms with Crippen molar-refractivity contribution in [3.05, 3.63) is 68.7 Å². The summed E-state index contributed by atoms with van der Waals surface area (Å²) >= 11 is 3.22. The van der Waals surface area contributed by atoms with Crippen molar-refractivity contribution in [3.63, 3.8) is 0 Å². The molecular weight excluding hydrogens is 388 g/mol. The summed E-state index contributed by atoms with van der Waals surface area (Å²) in [6.45, 7) is 2.63. The number of anilines is 1. The van der Waals surface area contributed by atoms with Gasteiger partial charge in [0.05, 0.1) is 17.2 Å². The number of amides is 1. The maximum atomic E-state index is 12.1. The van der Waals surface area contributed by atoms with Crippen LogP contribution in [-0.2, 0) is 4.79 Å². The molecule has 1 amide bonds. The van der Waals surface area contributed by atoms with Crippen molar-refractivity contribution in [2.75, 3.05) is 11.9 Å². The van der Waals surface area contributed by atoms with Crippen molar-refractivity contribution in [2.45, 2.75) is 13.3 Å². The average molecular weight is 405 g/mol. The Morgan fingerprint density at radius 2 is 2.08 bits per heavy atom. The second-order valence-corrected chi connectivity index (χ2v) is 5.98. The highest BCUT2D eigenvalue weighted by atomic mass is 79.9. The van der Waals surface area contributed by atoms with Crippen LogP contribution in [0.1, 0.15) is 18.9 Å². The van der Waals surface area contributed by atoms with Crippen molar-refractivity contribution in [1.82, 2.24) is 0 Å². The van der Waals surface area contributed by atoms with Gasteiger partial charge in [0.2, 0.25) is 5.91 Å². The van der Waals surface area contributed by atoms with Crippen LogP contribution in [-0.4, -0.2) is 17.4 Å². The van der Waals surface area contributed by atoms with Gasteiger partial charge < -0.3 is 10.1 Å². The Hall–Kier alpha value is -2.67. The van der Waals surface area contributed by atoms with Gasteiger partial charge in [0, 0.05) is 28.2 Å². The van der Waals surface area contributed by atoms with E-state index >= 15 is 0 Å². The molecule has 0 radical (unpaired) electrons. The van der Waals surface area contributed by atoms with E-state index in [0.29, 0.717) is 22.5 Å². The molecule has 0 unspecified atom stereocenters. The van der Waals surface area contributed by atoms with Gasteiger partial charge in [-0.3, -0.25) is 14.9 Å². The Labute approximate surface area is 153 Å². The zero-order chi connectivity index (χ0) is 18.2. The van der Waals surface area contributed by atoms with E-state index in [1.807, 2.05) is 31.2 Å². The molecule has 25 heavy (non-hydrogen) atoms. The van der Waals surface area contributed by atoms with Gasteiger partial charge in [-0.2, -0.15) is 0 Å². The molecule has 0 spiro atoms. The monoisotopic (exact) mass is 404 g/mol. The number of nitrogens with one attached hydrogen (secondary N) is 1. The van der Waals surface area contributed by atoms with E-state index < -0.39 is 4.92 Å². The van der Waals surface area contributed by atoms with E-state index in [1.165, 1.54) is 24.3 Å². The Morgan fingerprint density at radius 1 is 1.32 bits per heavy atom. The smallest absolute Gasteiger partial charge is 0.270 e. The first kappa shape index (κ1) is 18.7. The lowest BCUT2D eigenvalue weighted by molar-refractivity contribution is -0.384. The van der Waals surface area contributed by atoms with E-state index in [0.717, 1.165) is 12.0 Å². The van der Waals surface area contributed by atoms with E-state index in [1.54, 1.807) is 6.08 Å². The molecule has 0 fully saturated rings. The Bertz CT molecular complexity index is 805. The van der Waals surface area contributed by atoms with Gasteiger partial charge in [0.15, 0.2) is 0 Å². The number of hydrogen-bond acceptors (Lipinski definition) is 4. The highest BCUT2D eigenvalue weighted by Gasteiger charge is 2.10. The fourth-order valence-electron chi connectivity index (χ4n) is 2.02. The molecule has 0 saturated carbocycles. The number of nitro groups is 1. The second-order valence-electron chi connectivity index (χ2n) is 5.13. The minimum Gasteiger partial charge on any atom is -0.493 e. The highest BCUT2D eigenvalue weighted by molar-refractivity contribution is 9.10. The number of para-hydroxylation sites is 1. The quantitative estimate of drug-likeness (QED) is 0.408. The van der Waals surface area contributed by atoms with Crippen molar-refractivity contribution in [3.8, 4) is 5.75 Å². The Kier molecular flexibility index (Phi) is 6.71. The minimum absolute atomic E-state index is 0.0533. The van der Waals surface area contributed by atoms with Crippen LogP contribution >= 0.6 is 15.9 Å². The number of ether oxygens (including phenoxy) is 1. The van der Waals surface area contributed by atoms with Gasteiger partial charge in [-0.05, 0) is 40.6 Å². The number of carbonyl (C=O) groups excluding carboxylic acids is 1. The van der Waals surface area contributed by atoms with Crippen molar-refractivity contribution in [2.24, 2.45) is 0 Å². The summed E-state index contributed by atoms with van der Waals surface area (Å²) in [5.74, 6) is 0.366. The van der Waals surface area contributed by atoms with Gasteiger partial charge in [-0.15, -0.1) is 0 Å². The lowest BCUT2D eigenvalue weighted by atomic mass is 10.2. The van der Waals surface area contributed by atoms with Gasteiger partial charge >= 0.3 is 0 Å². The minimum atomic E-state index is -0.497. The lowest BCUT2D eigenvalue weighted by Crippen LogP contribution is -2.08. The van der Waals surface area contributed by atoms with Gasteiger partial charge in [0.1, 0.15) is 5.75 Å². The second kappa shape index (κ2) is 8.98. The normalized spacial score (nSPS) is 10.6. The number of nitro benzene ring substituents is 1. The maximum absolute atomic E-state index is 12.1. The molecule has 1 N–H and O–H groups in total. The number of carbonyl (C=O) groups is 1. The summed E-state index contributed by atoms with van der Waals surface area (Å²) in [5.41, 5.74) is 1.20. The zero-order valence-corrected chi connectivity index (χ0v) is 15.2. The number of halogens is 1. The van der Waals surface area contributed by atoms with Crippen LogP contribution in [0.15, 0.2) is 53.0 Å². The molecule has 0 aromatic heterocycles. The summed E-state index contributed by atoms with van der Waals surface area (Å²) in [4.78, 5) is 22.3. The maximum Gasteiger partial charge on any atom is 0.270 e. The molecular formula is C18H17BrN2O4. The molecule has 0 heterocycles. The van der Waals surface area contributed by atoms with Crippen LogP contribution < -0.4 is 10.1 Å². The van der Waals surface area contributed by atoms with E-state index in [9.17, 15) is 14.9 Å². The van der Waals surface area contributed by atoms with Crippen LogP contribution in [0, 0.1) is 10.1 Å². The fraction of sp³-hybridized carbons (Fsp3) is 0.167. The van der Waals surface area contributed by atoms with Crippen LogP contribution in [0.5, 0.6) is 5.75 Å². The zero-order valence-electron chi connectivity index (χ0n) is 13.6. The van der Waals surface area contributed by atoms with Crippen LogP contribution in [0.4, 0.5) is 11.4 Å². The summed E-state index contributed by atoms with van der Waals surface area (Å²) < 4.78 is 6.08. The molecule has 0 aliphatic heterocycles. The third-order valence-corrected chi connectivity index (χ3v) is 3.87. The molecule has 2 aromatic rings. The van der Waals surface area contributed by atoms with Gasteiger partial charge in [-0.25, -0.2) is 0 Å². The summed E-state index contributed by atoms with van der Waals surface area (Å²) in [6.07, 6.45) is 3.95. The Morgan fingerprint density at radius 3 is 2.76 bits per heavy atom. The number of non-ortho nitro benzene ring substituents is 1. The fourth-order valence-corrected chi connectivity index (χ4v) is 2.49. The summed E-state index contributed by atoms with van der Waals surface area (Å²) in [6, 6.07) is 11.6. The molecule has 0 saturated heterocycles. The predicted octanol–water partition coefficient (Wildman–Crippen LogP) is 4.80. The molecule has 0 aliphatic carbocycles. The van der Waals surface area contributed by atoms with Crippen LogP contribution in [0.3, 0.4) is 0 Å². The van der Waals surface area contributed by atoms with Crippen LogP contribution in [0.2, 0.25) is 0 Å². The standard InChI is InChI=1S/C18H17BrN2O4/c1-2-11-25-17-6-4-3-5-13(17)7-10-18(22)20-16-9-8-14(21(23)24)12-15(16)19/h3-10,12H,2,11H2,1H3,(H,20,22)/b10-7+. The molecule has 7 heteroatoms. The topological polar surface area (TPSA) is 81.5 Å². The van der Waals surface area contributed by atoms with E-state index in [-0.39, 0.29) is 11.6 Å².